The lowest BCUT2D eigenvalue weighted by molar-refractivity contribution is 0.0634. The third-order valence-electron chi connectivity index (χ3n) is 11.1. The molecule has 0 radical (unpaired) electrons. The molecule has 2 N–H and O–H groups in total. The molecule has 1 saturated carbocycles. The molecule has 4 saturated heterocycles. The Balaban J connectivity index is 1.16. The summed E-state index contributed by atoms with van der Waals surface area (Å²) in [6.45, 7) is 1.22. The molecule has 4 aliphatic heterocycles. The number of benzene rings is 2. The predicted molar refractivity (Wildman–Crippen MR) is 168 cm³/mol. The number of nitrogens with zero attached hydrogens (tertiary/aromatic N) is 5. The number of aromatic hydroxyl groups is 1. The highest BCUT2D eigenvalue weighted by molar-refractivity contribution is 6.03. The van der Waals surface area contributed by atoms with Crippen LogP contribution in [-0.2, 0) is 0 Å². The van der Waals surface area contributed by atoms with Crippen LogP contribution in [0.2, 0.25) is 0 Å². The number of piperazine rings is 1. The Morgan fingerprint density at radius 2 is 1.85 bits per heavy atom. The van der Waals surface area contributed by atoms with E-state index in [9.17, 15) is 22.7 Å². The monoisotopic (exact) mass is 662 g/mol. The predicted octanol–water partition coefficient (Wildman–Crippen LogP) is 5.34. The Labute approximate surface area is 272 Å². The molecule has 248 valence electrons. The molecule has 2 bridgehead atoms. The summed E-state index contributed by atoms with van der Waals surface area (Å²) in [5.41, 5.74) is -2.49. The molecular weight excluding hydrogens is 631 g/mol. The Kier molecular flexibility index (Phi) is 6.29. The lowest BCUT2D eigenvalue weighted by atomic mass is 9.88. The van der Waals surface area contributed by atoms with Crippen LogP contribution in [0.1, 0.15) is 37.7 Å². The van der Waals surface area contributed by atoms with Gasteiger partial charge in [0.1, 0.15) is 41.4 Å². The number of hydrogen-bond donors (Lipinski definition) is 2. The number of fused-ring (bicyclic) bond motifs is 5. The van der Waals surface area contributed by atoms with Crippen molar-refractivity contribution >= 4 is 27.5 Å². The highest BCUT2D eigenvalue weighted by Gasteiger charge is 2.77. The minimum Gasteiger partial charge on any atom is -0.508 e. The molecule has 2 aromatic heterocycles. The van der Waals surface area contributed by atoms with Crippen molar-refractivity contribution in [1.82, 2.24) is 25.2 Å². The summed E-state index contributed by atoms with van der Waals surface area (Å²) >= 11 is 0. The van der Waals surface area contributed by atoms with Crippen LogP contribution in [0.25, 0.3) is 32.9 Å². The van der Waals surface area contributed by atoms with Gasteiger partial charge in [-0.05, 0) is 42.8 Å². The minimum absolute atomic E-state index is 0.0491. The third kappa shape index (κ3) is 4.38. The molecule has 1 aliphatic carbocycles. The van der Waals surface area contributed by atoms with Gasteiger partial charge in [-0.3, -0.25) is 9.88 Å². The SMILES string of the molecule is C#Cc1c(F)ccc2cc(O)cc(-c3ncc4c(N5CC6CCC(C5)N6)nc(OC[C@@]56C[C@@H](F)CN5C[C@]5(CC5(F)F)C6)nc4c3F)c12. The van der Waals surface area contributed by atoms with Gasteiger partial charge >= 0.3 is 6.01 Å². The number of ether oxygens (including phenoxy) is 1. The summed E-state index contributed by atoms with van der Waals surface area (Å²) in [5, 5.41) is 15.0. The van der Waals surface area contributed by atoms with Gasteiger partial charge in [0.25, 0.3) is 5.92 Å². The van der Waals surface area contributed by atoms with Crippen LogP contribution in [-0.4, -0.2) is 87.5 Å². The molecule has 6 heterocycles. The van der Waals surface area contributed by atoms with E-state index >= 15 is 4.39 Å². The maximum Gasteiger partial charge on any atom is 0.319 e. The third-order valence-corrected chi connectivity index (χ3v) is 11.1. The molecule has 2 aromatic carbocycles. The Morgan fingerprint density at radius 1 is 1.08 bits per heavy atom. The van der Waals surface area contributed by atoms with E-state index in [4.69, 9.17) is 16.1 Å². The van der Waals surface area contributed by atoms with Crippen LogP contribution >= 0.6 is 0 Å². The van der Waals surface area contributed by atoms with Crippen LogP contribution in [0.4, 0.5) is 27.8 Å². The molecule has 9 rings (SSSR count). The van der Waals surface area contributed by atoms with E-state index in [0.29, 0.717) is 29.7 Å². The van der Waals surface area contributed by atoms with E-state index in [2.05, 4.69) is 21.2 Å². The largest absolute Gasteiger partial charge is 0.508 e. The van der Waals surface area contributed by atoms with Gasteiger partial charge in [0.05, 0.1) is 21.9 Å². The number of aromatic nitrogens is 3. The molecule has 4 aromatic rings. The summed E-state index contributed by atoms with van der Waals surface area (Å²) in [7, 11) is 0. The highest BCUT2D eigenvalue weighted by Crippen LogP contribution is 2.69. The number of terminal acetylenes is 1. The molecule has 48 heavy (non-hydrogen) atoms. The second-order valence-corrected chi connectivity index (χ2v) is 14.2. The summed E-state index contributed by atoms with van der Waals surface area (Å²) in [6, 6.07) is 5.56. The van der Waals surface area contributed by atoms with Crippen molar-refractivity contribution in [2.45, 2.75) is 61.8 Å². The van der Waals surface area contributed by atoms with Crippen molar-refractivity contribution in [2.75, 3.05) is 37.7 Å². The second kappa shape index (κ2) is 10.1. The quantitative estimate of drug-likeness (QED) is 0.219. The number of phenols is 1. The van der Waals surface area contributed by atoms with Crippen molar-refractivity contribution in [1.29, 1.82) is 0 Å². The molecule has 5 aliphatic rings. The molecule has 2 unspecified atom stereocenters. The van der Waals surface area contributed by atoms with Gasteiger partial charge in [-0.2, -0.15) is 9.97 Å². The van der Waals surface area contributed by atoms with E-state index in [1.165, 1.54) is 30.5 Å². The van der Waals surface area contributed by atoms with Gasteiger partial charge in [-0.15, -0.1) is 6.42 Å². The van der Waals surface area contributed by atoms with E-state index < -0.39 is 34.7 Å². The lowest BCUT2D eigenvalue weighted by Gasteiger charge is -2.34. The summed E-state index contributed by atoms with van der Waals surface area (Å²) < 4.78 is 81.5. The fraction of sp³-hybridized carbons (Fsp3) is 0.457. The van der Waals surface area contributed by atoms with Crippen LogP contribution < -0.4 is 15.0 Å². The lowest BCUT2D eigenvalue weighted by Crippen LogP contribution is -2.51. The average molecular weight is 663 g/mol. The van der Waals surface area contributed by atoms with E-state index in [1.807, 2.05) is 4.90 Å². The second-order valence-electron chi connectivity index (χ2n) is 14.2. The molecule has 1 spiro atoms. The van der Waals surface area contributed by atoms with Gasteiger partial charge in [0.2, 0.25) is 0 Å². The van der Waals surface area contributed by atoms with Crippen LogP contribution in [0.3, 0.4) is 0 Å². The van der Waals surface area contributed by atoms with E-state index in [1.54, 1.807) is 4.90 Å². The number of pyridine rings is 1. The number of nitrogens with one attached hydrogen (secondary N) is 1. The fourth-order valence-corrected chi connectivity index (χ4v) is 8.89. The Hall–Kier alpha value is -4.28. The average Bonchev–Trinajstić information content (AvgIpc) is 3.30. The van der Waals surface area contributed by atoms with Gasteiger partial charge in [0, 0.05) is 68.3 Å². The number of alkyl halides is 3. The maximum absolute atomic E-state index is 16.8. The number of phenolic OH excluding ortho intramolecular Hbond substituents is 1. The standard InChI is InChI=1S/C35H31F5N6O2/c1-2-23-26(37)6-3-18-7-22(47)8-24(27(18)23)29-28(38)30-25(10-41-29)31(45-12-20-4-5-21(13-45)42-20)44-32(43-30)48-17-34-9-19(36)11-46(34)16-33(14-34)15-35(33,39)40/h1,3,6-8,10,19-21,42,47H,4-5,9,11-17H2/t19-,20?,21?,33-,34+/m1/s1. The maximum atomic E-state index is 16.8. The molecule has 5 atom stereocenters. The first-order valence-electron chi connectivity index (χ1n) is 16.2. The van der Waals surface area contributed by atoms with Crippen LogP contribution in [0.15, 0.2) is 30.5 Å². The Morgan fingerprint density at radius 3 is 2.58 bits per heavy atom. The minimum atomic E-state index is -2.80. The van der Waals surface area contributed by atoms with E-state index in [-0.39, 0.29) is 90.5 Å². The van der Waals surface area contributed by atoms with Crippen LogP contribution in [0, 0.1) is 29.4 Å². The van der Waals surface area contributed by atoms with Crippen molar-refractivity contribution in [3.63, 3.8) is 0 Å². The van der Waals surface area contributed by atoms with Crippen molar-refractivity contribution in [3.8, 4) is 35.4 Å². The van der Waals surface area contributed by atoms with E-state index in [0.717, 1.165) is 12.8 Å². The van der Waals surface area contributed by atoms with Crippen molar-refractivity contribution in [3.05, 3.63) is 47.7 Å². The number of rotatable bonds is 5. The first kappa shape index (κ1) is 29.8. The number of halogens is 5. The van der Waals surface area contributed by atoms with Crippen molar-refractivity contribution < 1.29 is 31.8 Å². The first-order chi connectivity index (χ1) is 23.0. The summed E-state index contributed by atoms with van der Waals surface area (Å²) in [6.07, 6.45) is 7.81. The van der Waals surface area contributed by atoms with Gasteiger partial charge in [-0.1, -0.05) is 12.0 Å². The smallest absolute Gasteiger partial charge is 0.319 e. The Bertz CT molecular complexity index is 2060. The normalized spacial score (nSPS) is 30.3. The van der Waals surface area contributed by atoms with Gasteiger partial charge in [-0.25, -0.2) is 22.0 Å². The molecular formula is C35H31F5N6O2. The van der Waals surface area contributed by atoms with Crippen molar-refractivity contribution in [2.24, 2.45) is 5.41 Å². The first-order valence-corrected chi connectivity index (χ1v) is 16.2. The fourth-order valence-electron chi connectivity index (χ4n) is 8.89. The van der Waals surface area contributed by atoms with Gasteiger partial charge in [0.15, 0.2) is 5.82 Å². The molecule has 0 amide bonds. The topological polar surface area (TPSA) is 86.6 Å². The molecule has 13 heteroatoms. The number of hydrogen-bond acceptors (Lipinski definition) is 8. The zero-order chi connectivity index (χ0) is 33.2. The molecule has 5 fully saturated rings. The zero-order valence-electron chi connectivity index (χ0n) is 25.7. The number of anilines is 1. The van der Waals surface area contributed by atoms with Crippen LogP contribution in [0.5, 0.6) is 11.8 Å². The van der Waals surface area contributed by atoms with Gasteiger partial charge < -0.3 is 20.1 Å². The molecule has 8 nitrogen and oxygen atoms in total. The summed E-state index contributed by atoms with van der Waals surface area (Å²) in [4.78, 5) is 17.5. The zero-order valence-corrected chi connectivity index (χ0v) is 25.7. The highest BCUT2D eigenvalue weighted by atomic mass is 19.3. The summed E-state index contributed by atoms with van der Waals surface area (Å²) in [5.74, 6) is -1.79.